The largest absolute Gasteiger partial charge is 0.451 e. The third-order valence-electron chi connectivity index (χ3n) is 10.1. The van der Waals surface area contributed by atoms with E-state index in [2.05, 4.69) is 20.0 Å². The standard InChI is InChI=1S/C22H20F3N3O3.C18H14F3N3O.C4H7ClO2/c1-13(2)31-20(29)28-18-9-8-15(10-14(18)11-26-28)21(30,22(23,24)25)17-12-27(3)19-7-5-4-6-16(17)19;1-24-10-14(13-4-2-3-5-16(13)24)17(25,18(19,20)21)12-6-7-15-11(8-12)9-22-23-15;1-3(2)7-4(5)6/h4-13,30H,1-3H3;2-10,25H,1H3,(H,22,23);3H,1-2H3. The number of aliphatic hydroxyl groups is 2. The molecule has 0 radical (unpaired) electrons. The Morgan fingerprint density at radius 1 is 0.667 bits per heavy atom. The van der Waals surface area contributed by atoms with Crippen molar-refractivity contribution in [3.8, 4) is 0 Å². The number of benzene rings is 4. The van der Waals surface area contributed by atoms with E-state index in [0.717, 1.165) is 10.7 Å². The number of nitrogens with zero attached hydrogens (tertiary/aromatic N) is 5. The van der Waals surface area contributed by atoms with Gasteiger partial charge in [0, 0.05) is 81.8 Å². The molecule has 0 fully saturated rings. The van der Waals surface area contributed by atoms with Gasteiger partial charge in [-0.25, -0.2) is 9.59 Å². The molecule has 8 aromatic rings. The van der Waals surface area contributed by atoms with Crippen LogP contribution in [0.25, 0.3) is 43.6 Å². The van der Waals surface area contributed by atoms with Crippen LogP contribution in [0.1, 0.15) is 49.9 Å². The van der Waals surface area contributed by atoms with Gasteiger partial charge < -0.3 is 28.8 Å². The predicted molar refractivity (Wildman–Crippen MR) is 224 cm³/mol. The molecule has 0 aliphatic carbocycles. The Labute approximate surface area is 360 Å². The first-order valence-electron chi connectivity index (χ1n) is 19.1. The summed E-state index contributed by atoms with van der Waals surface area (Å²) in [5.74, 6) is 0. The highest BCUT2D eigenvalue weighted by Crippen LogP contribution is 2.49. The fourth-order valence-electron chi connectivity index (χ4n) is 7.21. The van der Waals surface area contributed by atoms with E-state index in [-0.39, 0.29) is 45.4 Å². The molecule has 0 aliphatic rings. The lowest BCUT2D eigenvalue weighted by Crippen LogP contribution is -2.43. The molecule has 0 amide bonds. The van der Waals surface area contributed by atoms with Crippen LogP contribution < -0.4 is 0 Å². The van der Waals surface area contributed by atoms with Gasteiger partial charge in [0.25, 0.3) is 0 Å². The van der Waals surface area contributed by atoms with Crippen molar-refractivity contribution in [3.05, 3.63) is 132 Å². The number of halogens is 7. The van der Waals surface area contributed by atoms with Crippen molar-refractivity contribution < 1.29 is 55.6 Å². The fraction of sp³-hybridized carbons (Fsp3) is 0.273. The maximum atomic E-state index is 14.3. The van der Waals surface area contributed by atoms with Crippen LogP contribution in [-0.4, -0.2) is 75.4 Å². The average molecular weight is 899 g/mol. The quantitative estimate of drug-likeness (QED) is 0.110. The van der Waals surface area contributed by atoms with Crippen molar-refractivity contribution in [3.63, 3.8) is 0 Å². The van der Waals surface area contributed by atoms with Crippen LogP contribution in [0, 0.1) is 0 Å². The molecule has 4 aromatic carbocycles. The summed E-state index contributed by atoms with van der Waals surface area (Å²) in [7, 11) is 3.28. The number of nitrogens with one attached hydrogen (secondary N) is 1. The summed E-state index contributed by atoms with van der Waals surface area (Å²) in [6.07, 6.45) is -5.82. The first kappa shape index (κ1) is 46.1. The van der Waals surface area contributed by atoms with Crippen LogP contribution in [0.2, 0.25) is 0 Å². The molecular weight excluding hydrogens is 858 g/mol. The average Bonchev–Trinajstić information content (AvgIpc) is 4.00. The molecule has 0 bridgehead atoms. The topological polar surface area (TPSA) is 149 Å². The molecule has 2 atom stereocenters. The SMILES string of the molecule is CC(C)OC(=O)Cl.CC(C)OC(=O)n1ncc2cc(C(O)(c3cn(C)c4ccccc34)C(F)(F)F)ccc21.Cn1cc(C(O)(c2ccc3[nH]ncc3c2)C(F)(F)F)c2ccccc21. The lowest BCUT2D eigenvalue weighted by atomic mass is 9.85. The van der Waals surface area contributed by atoms with Gasteiger partial charge in [-0.15, -0.1) is 0 Å². The number of hydrogen-bond donors (Lipinski definition) is 3. The number of fused-ring (bicyclic) bond motifs is 4. The smallest absolute Gasteiger partial charge is 0.435 e. The number of aryl methyl sites for hydroxylation is 2. The molecule has 0 aliphatic heterocycles. The minimum atomic E-state index is -5.00. The fourth-order valence-corrected chi connectivity index (χ4v) is 7.39. The monoisotopic (exact) mass is 898 g/mol. The number of ether oxygens (including phenoxy) is 2. The summed E-state index contributed by atoms with van der Waals surface area (Å²) in [5.41, 5.74) is -6.16. The van der Waals surface area contributed by atoms with E-state index in [1.165, 1.54) is 55.1 Å². The van der Waals surface area contributed by atoms with Crippen LogP contribution in [0.5, 0.6) is 0 Å². The van der Waals surface area contributed by atoms with Gasteiger partial charge in [0.1, 0.15) is 0 Å². The molecule has 4 aromatic heterocycles. The van der Waals surface area contributed by atoms with Gasteiger partial charge in [-0.05, 0) is 75.2 Å². The van der Waals surface area contributed by atoms with E-state index in [0.29, 0.717) is 32.7 Å². The minimum absolute atomic E-state index is 0.106. The highest BCUT2D eigenvalue weighted by molar-refractivity contribution is 6.61. The van der Waals surface area contributed by atoms with Gasteiger partial charge in [-0.2, -0.15) is 41.2 Å². The van der Waals surface area contributed by atoms with E-state index in [9.17, 15) is 46.1 Å². The van der Waals surface area contributed by atoms with Crippen LogP contribution in [0.15, 0.2) is 110 Å². The van der Waals surface area contributed by atoms with Gasteiger partial charge >= 0.3 is 23.9 Å². The number of carbonyl (C=O) groups excluding carboxylic acids is 2. The normalized spacial score (nSPS) is 14.0. The maximum absolute atomic E-state index is 14.3. The summed E-state index contributed by atoms with van der Waals surface area (Å²) in [4.78, 5) is 22.0. The molecule has 0 saturated heterocycles. The third kappa shape index (κ3) is 8.83. The van der Waals surface area contributed by atoms with Crippen molar-refractivity contribution >= 4 is 66.7 Å². The Balaban J connectivity index is 0.000000185. The van der Waals surface area contributed by atoms with E-state index in [1.807, 2.05) is 0 Å². The molecule has 4 heterocycles. The van der Waals surface area contributed by atoms with Crippen LogP contribution in [-0.2, 0) is 34.8 Å². The number of H-pyrrole nitrogens is 1. The van der Waals surface area contributed by atoms with Crippen LogP contribution in [0.4, 0.5) is 35.9 Å². The zero-order valence-electron chi connectivity index (χ0n) is 34.5. The number of alkyl halides is 6. The molecule has 0 spiro atoms. The Morgan fingerprint density at radius 3 is 1.60 bits per heavy atom. The lowest BCUT2D eigenvalue weighted by Gasteiger charge is -2.31. The minimum Gasteiger partial charge on any atom is -0.451 e. The second-order valence-corrected chi connectivity index (χ2v) is 15.4. The number of aromatic nitrogens is 6. The number of hydrogen-bond acceptors (Lipinski definition) is 8. The Kier molecular flexibility index (Phi) is 12.8. The number of carbonyl (C=O) groups is 2. The molecule has 12 nitrogen and oxygen atoms in total. The molecule has 332 valence electrons. The van der Waals surface area contributed by atoms with Crippen molar-refractivity contribution in [2.24, 2.45) is 14.1 Å². The molecule has 0 saturated carbocycles. The molecule has 3 N–H and O–H groups in total. The molecule has 63 heavy (non-hydrogen) atoms. The number of para-hydroxylation sites is 2. The summed E-state index contributed by atoms with van der Waals surface area (Å²) in [5, 5.41) is 33.9. The number of aromatic amines is 1. The second kappa shape index (κ2) is 17.4. The first-order valence-corrected chi connectivity index (χ1v) is 19.5. The highest BCUT2D eigenvalue weighted by Gasteiger charge is 2.58. The second-order valence-electron chi connectivity index (χ2n) is 15.1. The summed E-state index contributed by atoms with van der Waals surface area (Å²) < 4.78 is 98.8. The molecular formula is C44H41ClF6N6O6. The zero-order chi connectivity index (χ0) is 46.2. The van der Waals surface area contributed by atoms with Gasteiger partial charge in [0.05, 0.1) is 35.6 Å². The van der Waals surface area contributed by atoms with Gasteiger partial charge in [0.2, 0.25) is 11.2 Å². The summed E-state index contributed by atoms with van der Waals surface area (Å²) >= 11 is 4.81. The Bertz CT molecular complexity index is 2930. The van der Waals surface area contributed by atoms with Gasteiger partial charge in [-0.3, -0.25) is 5.10 Å². The number of rotatable bonds is 6. The molecule has 19 heteroatoms. The predicted octanol–water partition coefficient (Wildman–Crippen LogP) is 10.3. The van der Waals surface area contributed by atoms with E-state index in [1.54, 1.807) is 99.5 Å². The van der Waals surface area contributed by atoms with Crippen LogP contribution in [0.3, 0.4) is 0 Å². The van der Waals surface area contributed by atoms with Crippen molar-refractivity contribution in [2.75, 3.05) is 0 Å². The zero-order valence-corrected chi connectivity index (χ0v) is 35.2. The first-order chi connectivity index (χ1) is 29.5. The maximum Gasteiger partial charge on any atom is 0.435 e. The van der Waals surface area contributed by atoms with Crippen molar-refractivity contribution in [1.29, 1.82) is 0 Å². The summed E-state index contributed by atoms with van der Waals surface area (Å²) in [6, 6.07) is 21.0. The van der Waals surface area contributed by atoms with Crippen molar-refractivity contribution in [1.82, 2.24) is 29.1 Å². The molecule has 8 rings (SSSR count). The molecule has 2 unspecified atom stereocenters. The third-order valence-corrected chi connectivity index (χ3v) is 10.2. The van der Waals surface area contributed by atoms with Gasteiger partial charge in [0.15, 0.2) is 0 Å². The van der Waals surface area contributed by atoms with E-state index >= 15 is 0 Å². The van der Waals surface area contributed by atoms with Crippen molar-refractivity contribution in [2.45, 2.75) is 63.5 Å². The van der Waals surface area contributed by atoms with Crippen LogP contribution >= 0.6 is 11.6 Å². The van der Waals surface area contributed by atoms with E-state index < -0.39 is 35.1 Å². The lowest BCUT2D eigenvalue weighted by molar-refractivity contribution is -0.248. The highest BCUT2D eigenvalue weighted by atomic mass is 35.5. The van der Waals surface area contributed by atoms with Gasteiger partial charge in [-0.1, -0.05) is 48.5 Å². The summed E-state index contributed by atoms with van der Waals surface area (Å²) in [6.45, 7) is 6.82. The Morgan fingerprint density at radius 2 is 1.14 bits per heavy atom. The van der Waals surface area contributed by atoms with E-state index in [4.69, 9.17) is 16.3 Å². The Hall–Kier alpha value is -6.37.